The van der Waals surface area contributed by atoms with Crippen molar-refractivity contribution >= 4 is 10.4 Å². The predicted molar refractivity (Wildman–Crippen MR) is 65.9 cm³/mol. The molecule has 0 amide bonds. The first kappa shape index (κ1) is 22.1. The van der Waals surface area contributed by atoms with Crippen molar-refractivity contribution in [3.05, 3.63) is 0 Å². The molecule has 6 nitrogen and oxygen atoms in total. The number of rotatable bonds is 12. The SMILES string of the molecule is CCCCCCCCOC(CO)COS(=O)(=O)[O-].[Na+]. The number of ether oxygens (including phenoxy) is 1. The van der Waals surface area contributed by atoms with Gasteiger partial charge >= 0.3 is 29.6 Å². The molecule has 0 aliphatic carbocycles. The summed E-state index contributed by atoms with van der Waals surface area (Å²) in [5.74, 6) is 0. The molecule has 1 N–H and O–H groups in total. The topological polar surface area (TPSA) is 95.9 Å². The van der Waals surface area contributed by atoms with E-state index in [1.54, 1.807) is 0 Å². The van der Waals surface area contributed by atoms with Gasteiger partial charge in [-0.25, -0.2) is 8.42 Å². The predicted octanol–water partition coefficient (Wildman–Crippen LogP) is -1.79. The Labute approximate surface area is 138 Å². The van der Waals surface area contributed by atoms with Crippen LogP contribution in [0, 0.1) is 0 Å². The summed E-state index contributed by atoms with van der Waals surface area (Å²) in [5, 5.41) is 8.89. The Morgan fingerprint density at radius 3 is 2.26 bits per heavy atom. The van der Waals surface area contributed by atoms with Crippen LogP contribution >= 0.6 is 0 Å². The molecule has 1 unspecified atom stereocenters. The number of aliphatic hydroxyl groups is 1. The molecule has 0 fully saturated rings. The van der Waals surface area contributed by atoms with E-state index in [1.165, 1.54) is 19.3 Å². The summed E-state index contributed by atoms with van der Waals surface area (Å²) in [4.78, 5) is 0. The fourth-order valence-corrected chi connectivity index (χ4v) is 1.76. The molecule has 0 saturated carbocycles. The molecule has 19 heavy (non-hydrogen) atoms. The first-order valence-electron chi connectivity index (χ1n) is 6.32. The van der Waals surface area contributed by atoms with Crippen molar-refractivity contribution in [2.24, 2.45) is 0 Å². The van der Waals surface area contributed by atoms with E-state index in [0.717, 1.165) is 19.3 Å². The third-order valence-electron chi connectivity index (χ3n) is 2.45. The van der Waals surface area contributed by atoms with Gasteiger partial charge < -0.3 is 14.4 Å². The summed E-state index contributed by atoms with van der Waals surface area (Å²) >= 11 is 0. The first-order valence-corrected chi connectivity index (χ1v) is 7.65. The molecule has 0 rings (SSSR count). The van der Waals surface area contributed by atoms with Gasteiger partial charge in [0, 0.05) is 6.61 Å². The van der Waals surface area contributed by atoms with Crippen molar-refractivity contribution in [2.45, 2.75) is 51.6 Å². The summed E-state index contributed by atoms with van der Waals surface area (Å²) in [6.07, 6.45) is 5.91. The third-order valence-corrected chi connectivity index (χ3v) is 2.88. The molecule has 0 saturated heterocycles. The van der Waals surface area contributed by atoms with Gasteiger partial charge in [0.15, 0.2) is 0 Å². The van der Waals surface area contributed by atoms with E-state index < -0.39 is 23.1 Å². The molecule has 1 atom stereocenters. The molecule has 0 aliphatic heterocycles. The fourth-order valence-electron chi connectivity index (χ4n) is 1.45. The summed E-state index contributed by atoms with van der Waals surface area (Å²) in [6.45, 7) is 1.78. The van der Waals surface area contributed by atoms with Crippen LogP contribution in [0.2, 0.25) is 0 Å². The van der Waals surface area contributed by atoms with Crippen LogP contribution in [0.1, 0.15) is 45.4 Å². The van der Waals surface area contributed by atoms with Crippen molar-refractivity contribution < 1.29 is 56.6 Å². The van der Waals surface area contributed by atoms with Gasteiger partial charge in [0.2, 0.25) is 10.4 Å². The van der Waals surface area contributed by atoms with E-state index in [4.69, 9.17) is 9.84 Å². The minimum absolute atomic E-state index is 0. The van der Waals surface area contributed by atoms with Crippen LogP contribution in [-0.2, 0) is 19.3 Å². The zero-order chi connectivity index (χ0) is 13.9. The number of unbranched alkanes of at least 4 members (excludes halogenated alkanes) is 5. The van der Waals surface area contributed by atoms with Crippen LogP contribution in [0.15, 0.2) is 0 Å². The van der Waals surface area contributed by atoms with Crippen LogP contribution < -0.4 is 29.6 Å². The molecular weight excluding hydrogens is 283 g/mol. The largest absolute Gasteiger partial charge is 1.00 e. The quantitative estimate of drug-likeness (QED) is 0.198. The normalized spacial score (nSPS) is 13.0. The molecule has 0 radical (unpaired) electrons. The molecule has 0 aromatic heterocycles. The maximum Gasteiger partial charge on any atom is 1.00 e. The standard InChI is InChI=1S/C11H24O6S.Na/c1-2-3-4-5-6-7-8-16-11(9-12)10-17-18(13,14)15;/h11-12H,2-10H2,1H3,(H,13,14,15);/q;+1/p-1. The van der Waals surface area contributed by atoms with Gasteiger partial charge in [-0.15, -0.1) is 0 Å². The average Bonchev–Trinajstić information content (AvgIpc) is 2.30. The maximum absolute atomic E-state index is 10.2. The van der Waals surface area contributed by atoms with Gasteiger partial charge in [-0.1, -0.05) is 39.0 Å². The number of aliphatic hydroxyl groups excluding tert-OH is 1. The van der Waals surface area contributed by atoms with Crippen molar-refractivity contribution in [1.29, 1.82) is 0 Å². The summed E-state index contributed by atoms with van der Waals surface area (Å²) < 4.78 is 39.9. The van der Waals surface area contributed by atoms with E-state index in [1.807, 2.05) is 0 Å². The maximum atomic E-state index is 10.2. The van der Waals surface area contributed by atoms with Crippen molar-refractivity contribution in [1.82, 2.24) is 0 Å². The van der Waals surface area contributed by atoms with Crippen molar-refractivity contribution in [3.63, 3.8) is 0 Å². The van der Waals surface area contributed by atoms with Crippen LogP contribution in [0.4, 0.5) is 0 Å². The molecule has 0 bridgehead atoms. The van der Waals surface area contributed by atoms with Crippen LogP contribution in [0.3, 0.4) is 0 Å². The minimum Gasteiger partial charge on any atom is -0.726 e. The Bertz CT molecular complexity index is 283. The van der Waals surface area contributed by atoms with E-state index >= 15 is 0 Å². The van der Waals surface area contributed by atoms with E-state index in [0.29, 0.717) is 6.61 Å². The Hall–Kier alpha value is 0.790. The van der Waals surface area contributed by atoms with Crippen LogP contribution in [0.25, 0.3) is 0 Å². The molecule has 0 aromatic rings. The molecular formula is C11H23NaO6S. The van der Waals surface area contributed by atoms with Gasteiger partial charge in [0.1, 0.15) is 6.10 Å². The Kier molecular flexibility index (Phi) is 16.0. The Morgan fingerprint density at radius 1 is 1.16 bits per heavy atom. The van der Waals surface area contributed by atoms with E-state index in [2.05, 4.69) is 11.1 Å². The van der Waals surface area contributed by atoms with Gasteiger partial charge in [-0.2, -0.15) is 0 Å². The summed E-state index contributed by atoms with van der Waals surface area (Å²) in [6, 6.07) is 0. The van der Waals surface area contributed by atoms with Crippen LogP contribution in [0.5, 0.6) is 0 Å². The molecule has 0 spiro atoms. The number of hydrogen-bond donors (Lipinski definition) is 1. The van der Waals surface area contributed by atoms with E-state index in [9.17, 15) is 13.0 Å². The zero-order valence-corrected chi connectivity index (χ0v) is 14.7. The van der Waals surface area contributed by atoms with Gasteiger partial charge in [-0.05, 0) is 6.42 Å². The summed E-state index contributed by atoms with van der Waals surface area (Å²) in [5.41, 5.74) is 0. The first-order chi connectivity index (χ1) is 8.49. The molecule has 0 heterocycles. The smallest absolute Gasteiger partial charge is 0.726 e. The zero-order valence-electron chi connectivity index (χ0n) is 11.8. The Balaban J connectivity index is 0. The molecule has 0 aliphatic rings. The second kappa shape index (κ2) is 13.8. The van der Waals surface area contributed by atoms with Crippen molar-refractivity contribution in [2.75, 3.05) is 19.8 Å². The van der Waals surface area contributed by atoms with Gasteiger partial charge in [0.05, 0.1) is 13.2 Å². The second-order valence-corrected chi connectivity index (χ2v) is 5.19. The van der Waals surface area contributed by atoms with Crippen molar-refractivity contribution in [3.8, 4) is 0 Å². The van der Waals surface area contributed by atoms with Gasteiger partial charge in [-0.3, -0.25) is 4.18 Å². The minimum atomic E-state index is -4.72. The second-order valence-electron chi connectivity index (χ2n) is 4.14. The fraction of sp³-hybridized carbons (Fsp3) is 1.00. The molecule has 0 aromatic carbocycles. The molecule has 110 valence electrons. The summed E-state index contributed by atoms with van der Waals surface area (Å²) in [7, 11) is -4.72. The third kappa shape index (κ3) is 16.7. The number of hydrogen-bond acceptors (Lipinski definition) is 6. The van der Waals surface area contributed by atoms with Crippen LogP contribution in [-0.4, -0.2) is 44.0 Å². The average molecular weight is 306 g/mol. The monoisotopic (exact) mass is 306 g/mol. The Morgan fingerprint density at radius 2 is 1.74 bits per heavy atom. The van der Waals surface area contributed by atoms with E-state index in [-0.39, 0.29) is 36.2 Å². The van der Waals surface area contributed by atoms with Gasteiger partial charge in [0.25, 0.3) is 0 Å². The molecule has 8 heteroatoms.